The van der Waals surface area contributed by atoms with Gasteiger partial charge in [-0.05, 0) is 51.7 Å². The molecule has 0 aromatic heterocycles. The van der Waals surface area contributed by atoms with E-state index in [0.29, 0.717) is 6.54 Å². The van der Waals surface area contributed by atoms with Gasteiger partial charge in [0.15, 0.2) is 5.96 Å². The van der Waals surface area contributed by atoms with Gasteiger partial charge < -0.3 is 20.1 Å². The van der Waals surface area contributed by atoms with Gasteiger partial charge in [0, 0.05) is 18.7 Å². The molecule has 1 heterocycles. The van der Waals surface area contributed by atoms with E-state index in [9.17, 15) is 0 Å². The highest BCUT2D eigenvalue weighted by Gasteiger charge is 2.09. The highest BCUT2D eigenvalue weighted by atomic mass is 16.5. The highest BCUT2D eigenvalue weighted by Crippen LogP contribution is 2.23. The Morgan fingerprint density at radius 2 is 2.15 bits per heavy atom. The minimum Gasteiger partial charge on any atom is -0.490 e. The van der Waals surface area contributed by atoms with Crippen LogP contribution in [-0.4, -0.2) is 38.4 Å². The second kappa shape index (κ2) is 11.7. The normalized spacial score (nSPS) is 15.9. The molecule has 1 aromatic carbocycles. The van der Waals surface area contributed by atoms with Crippen molar-refractivity contribution in [3.8, 4) is 5.75 Å². The monoisotopic (exact) mass is 373 g/mol. The van der Waals surface area contributed by atoms with E-state index in [4.69, 9.17) is 14.5 Å². The highest BCUT2D eigenvalue weighted by molar-refractivity contribution is 5.79. The Hall–Kier alpha value is -2.01. The van der Waals surface area contributed by atoms with E-state index < -0.39 is 0 Å². The number of nitrogens with one attached hydrogen (secondary N) is 2. The van der Waals surface area contributed by atoms with Gasteiger partial charge in [0.2, 0.25) is 0 Å². The second-order valence-electron chi connectivity index (χ2n) is 7.01. The SMILES string of the molecule is CCNC(=NCc1ccc(C)cc1OC(C)CC)NCCC1=CCOCC1. The molecular formula is C22H35N3O2. The van der Waals surface area contributed by atoms with Crippen molar-refractivity contribution in [3.63, 3.8) is 0 Å². The molecule has 0 spiro atoms. The van der Waals surface area contributed by atoms with Crippen molar-refractivity contribution in [2.45, 2.75) is 59.6 Å². The Labute approximate surface area is 164 Å². The van der Waals surface area contributed by atoms with Crippen LogP contribution in [0.1, 0.15) is 51.2 Å². The van der Waals surface area contributed by atoms with E-state index in [-0.39, 0.29) is 6.10 Å². The van der Waals surface area contributed by atoms with Crippen molar-refractivity contribution in [2.24, 2.45) is 4.99 Å². The summed E-state index contributed by atoms with van der Waals surface area (Å²) < 4.78 is 11.5. The molecule has 2 N–H and O–H groups in total. The number of hydrogen-bond acceptors (Lipinski definition) is 3. The zero-order valence-corrected chi connectivity index (χ0v) is 17.3. The van der Waals surface area contributed by atoms with Crippen LogP contribution in [-0.2, 0) is 11.3 Å². The third-order valence-electron chi connectivity index (χ3n) is 4.67. The van der Waals surface area contributed by atoms with E-state index >= 15 is 0 Å². The first-order valence-electron chi connectivity index (χ1n) is 10.2. The predicted molar refractivity (Wildman–Crippen MR) is 113 cm³/mol. The fourth-order valence-corrected chi connectivity index (χ4v) is 2.84. The third-order valence-corrected chi connectivity index (χ3v) is 4.67. The summed E-state index contributed by atoms with van der Waals surface area (Å²) in [4.78, 5) is 4.76. The topological polar surface area (TPSA) is 54.9 Å². The molecule has 5 heteroatoms. The maximum absolute atomic E-state index is 6.10. The zero-order chi connectivity index (χ0) is 19.5. The van der Waals surface area contributed by atoms with E-state index in [1.807, 2.05) is 0 Å². The number of aryl methyl sites for hydroxylation is 1. The van der Waals surface area contributed by atoms with E-state index in [0.717, 1.165) is 62.8 Å². The lowest BCUT2D eigenvalue weighted by Crippen LogP contribution is -2.38. The van der Waals surface area contributed by atoms with Crippen LogP contribution in [0.4, 0.5) is 0 Å². The van der Waals surface area contributed by atoms with Crippen LogP contribution in [0.25, 0.3) is 0 Å². The van der Waals surface area contributed by atoms with Crippen LogP contribution in [0.3, 0.4) is 0 Å². The Morgan fingerprint density at radius 3 is 2.85 bits per heavy atom. The van der Waals surface area contributed by atoms with E-state index in [2.05, 4.69) is 62.6 Å². The van der Waals surface area contributed by atoms with Crippen LogP contribution in [0, 0.1) is 6.92 Å². The first-order valence-corrected chi connectivity index (χ1v) is 10.2. The van der Waals surface area contributed by atoms with Gasteiger partial charge in [-0.1, -0.05) is 30.7 Å². The molecule has 1 atom stereocenters. The molecule has 1 aromatic rings. The number of rotatable bonds is 9. The Kier molecular flexibility index (Phi) is 9.19. The zero-order valence-electron chi connectivity index (χ0n) is 17.3. The summed E-state index contributed by atoms with van der Waals surface area (Å²) >= 11 is 0. The van der Waals surface area contributed by atoms with Gasteiger partial charge in [-0.15, -0.1) is 0 Å². The average Bonchev–Trinajstić information content (AvgIpc) is 2.68. The van der Waals surface area contributed by atoms with Gasteiger partial charge in [-0.2, -0.15) is 0 Å². The molecule has 1 aliphatic heterocycles. The number of aliphatic imine (C=N–C) groups is 1. The standard InChI is InChI=1S/C22H35N3O2/c1-5-18(4)27-21-15-17(3)7-8-20(21)16-25-22(23-6-2)24-12-9-19-10-13-26-14-11-19/h7-8,10,15,18H,5-6,9,11-14,16H2,1-4H3,(H2,23,24,25). The van der Waals surface area contributed by atoms with Gasteiger partial charge in [0.1, 0.15) is 5.75 Å². The van der Waals surface area contributed by atoms with Gasteiger partial charge in [0.05, 0.1) is 25.9 Å². The van der Waals surface area contributed by atoms with Crippen molar-refractivity contribution >= 4 is 5.96 Å². The first-order chi connectivity index (χ1) is 13.1. The lowest BCUT2D eigenvalue weighted by Gasteiger charge is -2.17. The summed E-state index contributed by atoms with van der Waals surface area (Å²) in [7, 11) is 0. The van der Waals surface area contributed by atoms with E-state index in [1.54, 1.807) is 0 Å². The molecule has 0 saturated heterocycles. The number of nitrogens with zero attached hydrogens (tertiary/aromatic N) is 1. The smallest absolute Gasteiger partial charge is 0.191 e. The molecule has 1 aliphatic rings. The fraction of sp³-hybridized carbons (Fsp3) is 0.591. The summed E-state index contributed by atoms with van der Waals surface area (Å²) in [5, 5.41) is 6.76. The van der Waals surface area contributed by atoms with Crippen molar-refractivity contribution in [2.75, 3.05) is 26.3 Å². The molecule has 0 aliphatic carbocycles. The minimum absolute atomic E-state index is 0.202. The summed E-state index contributed by atoms with van der Waals surface area (Å²) in [6, 6.07) is 6.34. The van der Waals surface area contributed by atoms with Crippen molar-refractivity contribution in [1.29, 1.82) is 0 Å². The Morgan fingerprint density at radius 1 is 1.30 bits per heavy atom. The van der Waals surface area contributed by atoms with Crippen molar-refractivity contribution in [3.05, 3.63) is 41.0 Å². The summed E-state index contributed by atoms with van der Waals surface area (Å²) in [5.74, 6) is 1.79. The number of hydrogen-bond donors (Lipinski definition) is 2. The molecule has 150 valence electrons. The van der Waals surface area contributed by atoms with Gasteiger partial charge in [-0.25, -0.2) is 4.99 Å². The second-order valence-corrected chi connectivity index (χ2v) is 7.01. The summed E-state index contributed by atoms with van der Waals surface area (Å²) in [5.41, 5.74) is 3.79. The molecule has 2 rings (SSSR count). The average molecular weight is 374 g/mol. The molecule has 27 heavy (non-hydrogen) atoms. The van der Waals surface area contributed by atoms with Crippen LogP contribution < -0.4 is 15.4 Å². The van der Waals surface area contributed by atoms with Crippen LogP contribution in [0.15, 0.2) is 34.8 Å². The first kappa shape index (κ1) is 21.3. The molecule has 0 bridgehead atoms. The molecule has 0 amide bonds. The molecular weight excluding hydrogens is 338 g/mol. The van der Waals surface area contributed by atoms with Crippen LogP contribution in [0.5, 0.6) is 5.75 Å². The number of ether oxygens (including phenoxy) is 2. The Balaban J connectivity index is 1.97. The number of benzene rings is 1. The maximum atomic E-state index is 6.10. The van der Waals surface area contributed by atoms with Crippen molar-refractivity contribution < 1.29 is 9.47 Å². The molecule has 1 unspecified atom stereocenters. The maximum Gasteiger partial charge on any atom is 0.191 e. The van der Waals surface area contributed by atoms with Gasteiger partial charge in [0.25, 0.3) is 0 Å². The largest absolute Gasteiger partial charge is 0.490 e. The molecule has 5 nitrogen and oxygen atoms in total. The summed E-state index contributed by atoms with van der Waals surface area (Å²) in [6.07, 6.45) is 5.45. The minimum atomic E-state index is 0.202. The van der Waals surface area contributed by atoms with E-state index in [1.165, 1.54) is 11.1 Å². The van der Waals surface area contributed by atoms with Crippen LogP contribution >= 0.6 is 0 Å². The molecule has 0 fully saturated rings. The summed E-state index contributed by atoms with van der Waals surface area (Å²) in [6.45, 7) is 12.3. The fourth-order valence-electron chi connectivity index (χ4n) is 2.84. The molecule has 0 radical (unpaired) electrons. The predicted octanol–water partition coefficient (Wildman–Crippen LogP) is 3.96. The quantitative estimate of drug-likeness (QED) is 0.391. The van der Waals surface area contributed by atoms with Crippen molar-refractivity contribution in [1.82, 2.24) is 10.6 Å². The molecule has 0 saturated carbocycles. The lowest BCUT2D eigenvalue weighted by atomic mass is 10.1. The van der Waals surface area contributed by atoms with Crippen LogP contribution in [0.2, 0.25) is 0 Å². The lowest BCUT2D eigenvalue weighted by molar-refractivity contribution is 0.153. The third kappa shape index (κ3) is 7.63. The number of guanidine groups is 1. The Bertz CT molecular complexity index is 640. The van der Waals surface area contributed by atoms with Gasteiger partial charge >= 0.3 is 0 Å². The van der Waals surface area contributed by atoms with Gasteiger partial charge in [-0.3, -0.25) is 0 Å².